The highest BCUT2D eigenvalue weighted by Crippen LogP contribution is 2.16. The summed E-state index contributed by atoms with van der Waals surface area (Å²) in [6.45, 7) is 6.27. The standard InChI is InChI=1S/C23H30N2O3/c1-5-18-11-13-20(14-12-18)28-16-22(26)25(21(6-2)23(27)24-4)15-19-9-7-17(3)8-10-19/h7-14,21H,5-6,15-16H2,1-4H3,(H,24,27). The van der Waals surface area contributed by atoms with Crippen LogP contribution in [0.5, 0.6) is 5.75 Å². The average molecular weight is 383 g/mol. The minimum Gasteiger partial charge on any atom is -0.484 e. The van der Waals surface area contributed by atoms with Crippen molar-refractivity contribution in [3.63, 3.8) is 0 Å². The largest absolute Gasteiger partial charge is 0.484 e. The monoisotopic (exact) mass is 382 g/mol. The molecular formula is C23H30N2O3. The molecule has 0 radical (unpaired) electrons. The zero-order valence-electron chi connectivity index (χ0n) is 17.2. The molecule has 0 saturated carbocycles. The van der Waals surface area contributed by atoms with Crippen LogP contribution in [0.2, 0.25) is 0 Å². The Labute approximate surface area is 167 Å². The van der Waals surface area contributed by atoms with E-state index in [1.807, 2.05) is 62.4 Å². The predicted octanol–water partition coefficient (Wildman–Crippen LogP) is 3.49. The number of benzene rings is 2. The van der Waals surface area contributed by atoms with E-state index < -0.39 is 6.04 Å². The molecule has 0 aliphatic heterocycles. The topological polar surface area (TPSA) is 58.6 Å². The summed E-state index contributed by atoms with van der Waals surface area (Å²) in [7, 11) is 1.59. The van der Waals surface area contributed by atoms with Gasteiger partial charge in [-0.15, -0.1) is 0 Å². The molecular weight excluding hydrogens is 352 g/mol. The number of carbonyl (C=O) groups is 2. The molecule has 0 saturated heterocycles. The summed E-state index contributed by atoms with van der Waals surface area (Å²) in [4.78, 5) is 26.9. The average Bonchev–Trinajstić information content (AvgIpc) is 2.73. The molecule has 0 spiro atoms. The zero-order chi connectivity index (χ0) is 20.5. The van der Waals surface area contributed by atoms with E-state index in [0.717, 1.165) is 17.5 Å². The van der Waals surface area contributed by atoms with Gasteiger partial charge in [0.05, 0.1) is 0 Å². The van der Waals surface area contributed by atoms with Crippen LogP contribution in [0.1, 0.15) is 37.0 Å². The van der Waals surface area contributed by atoms with Crippen molar-refractivity contribution in [3.05, 3.63) is 65.2 Å². The highest BCUT2D eigenvalue weighted by Gasteiger charge is 2.28. The van der Waals surface area contributed by atoms with Crippen LogP contribution in [-0.4, -0.2) is 36.4 Å². The van der Waals surface area contributed by atoms with Crippen LogP contribution < -0.4 is 10.1 Å². The fourth-order valence-corrected chi connectivity index (χ4v) is 3.03. The number of amides is 2. The van der Waals surface area contributed by atoms with E-state index in [1.54, 1.807) is 11.9 Å². The lowest BCUT2D eigenvalue weighted by molar-refractivity contribution is -0.142. The van der Waals surface area contributed by atoms with Crippen LogP contribution >= 0.6 is 0 Å². The Bertz CT molecular complexity index is 769. The number of ether oxygens (including phenoxy) is 1. The van der Waals surface area contributed by atoms with E-state index in [9.17, 15) is 9.59 Å². The lowest BCUT2D eigenvalue weighted by atomic mass is 10.1. The molecule has 2 amide bonds. The quantitative estimate of drug-likeness (QED) is 0.722. The molecule has 0 heterocycles. The van der Waals surface area contributed by atoms with E-state index in [4.69, 9.17) is 4.74 Å². The smallest absolute Gasteiger partial charge is 0.261 e. The molecule has 28 heavy (non-hydrogen) atoms. The fourth-order valence-electron chi connectivity index (χ4n) is 3.03. The number of hydrogen-bond donors (Lipinski definition) is 1. The maximum Gasteiger partial charge on any atom is 0.261 e. The third-order valence-corrected chi connectivity index (χ3v) is 4.80. The van der Waals surface area contributed by atoms with E-state index in [2.05, 4.69) is 12.2 Å². The molecule has 2 rings (SSSR count). The summed E-state index contributed by atoms with van der Waals surface area (Å²) in [6, 6.07) is 15.2. The van der Waals surface area contributed by atoms with Gasteiger partial charge in [0.2, 0.25) is 5.91 Å². The molecule has 1 unspecified atom stereocenters. The van der Waals surface area contributed by atoms with E-state index in [1.165, 1.54) is 5.56 Å². The van der Waals surface area contributed by atoms with Crippen molar-refractivity contribution in [1.82, 2.24) is 10.2 Å². The fraction of sp³-hybridized carbons (Fsp3) is 0.391. The van der Waals surface area contributed by atoms with E-state index >= 15 is 0 Å². The van der Waals surface area contributed by atoms with Crippen LogP contribution in [0.3, 0.4) is 0 Å². The van der Waals surface area contributed by atoms with Gasteiger partial charge in [-0.05, 0) is 43.0 Å². The van der Waals surface area contributed by atoms with Crippen molar-refractivity contribution in [2.45, 2.75) is 46.2 Å². The van der Waals surface area contributed by atoms with Gasteiger partial charge in [-0.3, -0.25) is 9.59 Å². The molecule has 0 aliphatic rings. The lowest BCUT2D eigenvalue weighted by Gasteiger charge is -2.30. The van der Waals surface area contributed by atoms with Crippen molar-refractivity contribution < 1.29 is 14.3 Å². The molecule has 0 fully saturated rings. The Kier molecular flexibility index (Phi) is 8.05. The Morgan fingerprint density at radius 1 is 1.00 bits per heavy atom. The van der Waals surface area contributed by atoms with Gasteiger partial charge in [-0.25, -0.2) is 0 Å². The normalized spacial score (nSPS) is 11.6. The van der Waals surface area contributed by atoms with Crippen molar-refractivity contribution in [2.24, 2.45) is 0 Å². The van der Waals surface area contributed by atoms with Gasteiger partial charge in [0.15, 0.2) is 6.61 Å². The summed E-state index contributed by atoms with van der Waals surface area (Å²) in [6.07, 6.45) is 1.48. The van der Waals surface area contributed by atoms with Gasteiger partial charge in [0.1, 0.15) is 11.8 Å². The number of nitrogens with one attached hydrogen (secondary N) is 1. The van der Waals surface area contributed by atoms with E-state index in [-0.39, 0.29) is 18.4 Å². The molecule has 2 aromatic rings. The predicted molar refractivity (Wildman–Crippen MR) is 111 cm³/mol. The van der Waals surface area contributed by atoms with Gasteiger partial charge in [-0.2, -0.15) is 0 Å². The molecule has 0 bridgehead atoms. The highest BCUT2D eigenvalue weighted by molar-refractivity contribution is 5.88. The second-order valence-electron chi connectivity index (χ2n) is 6.83. The van der Waals surface area contributed by atoms with Crippen LogP contribution in [-0.2, 0) is 22.6 Å². The molecule has 5 heteroatoms. The molecule has 5 nitrogen and oxygen atoms in total. The Morgan fingerprint density at radius 3 is 2.14 bits per heavy atom. The van der Waals surface area contributed by atoms with Gasteiger partial charge in [0.25, 0.3) is 5.91 Å². The van der Waals surface area contributed by atoms with Crippen molar-refractivity contribution >= 4 is 11.8 Å². The number of carbonyl (C=O) groups excluding carboxylic acids is 2. The van der Waals surface area contributed by atoms with Gasteiger partial charge in [0, 0.05) is 13.6 Å². The van der Waals surface area contributed by atoms with Crippen LogP contribution in [0.15, 0.2) is 48.5 Å². The number of likely N-dealkylation sites (N-methyl/N-ethyl adjacent to an activating group) is 1. The second kappa shape index (κ2) is 10.5. The van der Waals surface area contributed by atoms with Crippen molar-refractivity contribution in [2.75, 3.05) is 13.7 Å². The first-order valence-electron chi connectivity index (χ1n) is 9.76. The summed E-state index contributed by atoms with van der Waals surface area (Å²) in [5.74, 6) is 0.264. The third kappa shape index (κ3) is 5.84. The Morgan fingerprint density at radius 2 is 1.61 bits per heavy atom. The van der Waals surface area contributed by atoms with Gasteiger partial charge < -0.3 is 15.0 Å². The molecule has 1 atom stereocenters. The molecule has 0 aliphatic carbocycles. The summed E-state index contributed by atoms with van der Waals surface area (Å²) < 4.78 is 5.69. The van der Waals surface area contributed by atoms with Crippen molar-refractivity contribution in [1.29, 1.82) is 0 Å². The first-order chi connectivity index (χ1) is 13.5. The summed E-state index contributed by atoms with van der Waals surface area (Å²) >= 11 is 0. The molecule has 1 N–H and O–H groups in total. The minimum absolute atomic E-state index is 0.106. The van der Waals surface area contributed by atoms with Crippen LogP contribution in [0.25, 0.3) is 0 Å². The van der Waals surface area contributed by atoms with Gasteiger partial charge >= 0.3 is 0 Å². The van der Waals surface area contributed by atoms with Crippen molar-refractivity contribution in [3.8, 4) is 5.75 Å². The second-order valence-corrected chi connectivity index (χ2v) is 6.83. The Hall–Kier alpha value is -2.82. The maximum absolute atomic E-state index is 13.0. The lowest BCUT2D eigenvalue weighted by Crippen LogP contribution is -2.49. The first-order valence-corrected chi connectivity index (χ1v) is 9.76. The molecule has 150 valence electrons. The summed E-state index contributed by atoms with van der Waals surface area (Å²) in [5, 5.41) is 2.66. The molecule has 2 aromatic carbocycles. The number of rotatable bonds is 9. The SMILES string of the molecule is CCc1ccc(OCC(=O)N(Cc2ccc(C)cc2)C(CC)C(=O)NC)cc1. The number of aryl methyl sites for hydroxylation is 2. The van der Waals surface area contributed by atoms with E-state index in [0.29, 0.717) is 18.7 Å². The number of nitrogens with zero attached hydrogens (tertiary/aromatic N) is 1. The molecule has 0 aromatic heterocycles. The van der Waals surface area contributed by atoms with Crippen LogP contribution in [0.4, 0.5) is 0 Å². The maximum atomic E-state index is 13.0. The highest BCUT2D eigenvalue weighted by atomic mass is 16.5. The van der Waals surface area contributed by atoms with Gasteiger partial charge in [-0.1, -0.05) is 55.8 Å². The zero-order valence-corrected chi connectivity index (χ0v) is 17.2. The summed E-state index contributed by atoms with van der Waals surface area (Å²) in [5.41, 5.74) is 3.35. The Balaban J connectivity index is 2.14. The third-order valence-electron chi connectivity index (χ3n) is 4.80. The van der Waals surface area contributed by atoms with Crippen LogP contribution in [0, 0.1) is 6.92 Å². The number of hydrogen-bond acceptors (Lipinski definition) is 3. The minimum atomic E-state index is -0.537. The first kappa shape index (κ1) is 21.5.